The third kappa shape index (κ3) is 4.15. The maximum absolute atomic E-state index is 11.8. The number of hydrogen-bond acceptors (Lipinski definition) is 5. The first-order chi connectivity index (χ1) is 12.0. The van der Waals surface area contributed by atoms with Gasteiger partial charge in [0.05, 0.1) is 10.6 Å². The Balaban J connectivity index is 1.72. The van der Waals surface area contributed by atoms with Crippen molar-refractivity contribution in [1.29, 1.82) is 0 Å². The zero-order valence-corrected chi connectivity index (χ0v) is 14.1. The monoisotopic (exact) mass is 338 g/mol. The summed E-state index contributed by atoms with van der Waals surface area (Å²) in [6.45, 7) is 4.42. The van der Waals surface area contributed by atoms with Gasteiger partial charge in [-0.3, -0.25) is 15.1 Å². The summed E-state index contributed by atoms with van der Waals surface area (Å²) in [5.74, 6) is 0.504. The number of nitro benzene ring substituents is 1. The van der Waals surface area contributed by atoms with Gasteiger partial charge in [0, 0.05) is 37.1 Å². The molecule has 25 heavy (non-hydrogen) atoms. The van der Waals surface area contributed by atoms with Gasteiger partial charge in [-0.15, -0.1) is 0 Å². The predicted octanol–water partition coefficient (Wildman–Crippen LogP) is 3.66. The van der Waals surface area contributed by atoms with Crippen LogP contribution in [0.2, 0.25) is 0 Å². The van der Waals surface area contributed by atoms with Crippen molar-refractivity contribution in [3.05, 3.63) is 58.1 Å². The van der Waals surface area contributed by atoms with E-state index < -0.39 is 4.92 Å². The van der Waals surface area contributed by atoms with Crippen molar-refractivity contribution in [3.8, 4) is 5.75 Å². The molecule has 1 heterocycles. The minimum absolute atomic E-state index is 0.115. The molecule has 1 aliphatic heterocycles. The molecule has 6 nitrogen and oxygen atoms in total. The second-order valence-electron chi connectivity index (χ2n) is 6.42. The zero-order valence-electron chi connectivity index (χ0n) is 14.1. The first-order valence-corrected chi connectivity index (χ1v) is 8.37. The van der Waals surface area contributed by atoms with Crippen LogP contribution in [0.25, 0.3) is 0 Å². The molecule has 2 aromatic carbocycles. The number of nitrogens with zero attached hydrogens (tertiary/aromatic N) is 3. The Morgan fingerprint density at radius 2 is 1.84 bits per heavy atom. The zero-order chi connectivity index (χ0) is 17.8. The Kier molecular flexibility index (Phi) is 4.97. The van der Waals surface area contributed by atoms with E-state index in [1.807, 2.05) is 24.3 Å². The average molecular weight is 338 g/mol. The normalized spacial score (nSPS) is 15.6. The standard InChI is InChI=1S/C19H21N3O3/c1-14-8-10-21(11-9-14)17-4-2-16(3-5-17)20-13-15-12-18(22(24)25)6-7-19(15)23/h2-7,12-14,23H,8-11H2,1H3/p-1. The minimum atomic E-state index is -0.523. The van der Waals surface area contributed by atoms with Gasteiger partial charge in [-0.25, -0.2) is 0 Å². The number of aliphatic imine (C=N–C) groups is 1. The summed E-state index contributed by atoms with van der Waals surface area (Å²) in [4.78, 5) is 16.9. The summed E-state index contributed by atoms with van der Waals surface area (Å²) in [6.07, 6.45) is 3.80. The highest BCUT2D eigenvalue weighted by molar-refractivity contribution is 5.86. The smallest absolute Gasteiger partial charge is 0.270 e. The van der Waals surface area contributed by atoms with Crippen molar-refractivity contribution in [2.45, 2.75) is 19.8 Å². The number of anilines is 1. The lowest BCUT2D eigenvalue weighted by molar-refractivity contribution is -0.385. The topological polar surface area (TPSA) is 81.8 Å². The van der Waals surface area contributed by atoms with E-state index in [1.165, 1.54) is 42.9 Å². The van der Waals surface area contributed by atoms with E-state index in [0.717, 1.165) is 19.0 Å². The van der Waals surface area contributed by atoms with Gasteiger partial charge in [-0.05, 0) is 48.6 Å². The molecular formula is C19H20N3O3-. The molecule has 1 fully saturated rings. The van der Waals surface area contributed by atoms with Gasteiger partial charge in [-0.2, -0.15) is 0 Å². The molecule has 0 unspecified atom stereocenters. The third-order valence-corrected chi connectivity index (χ3v) is 4.56. The quantitative estimate of drug-likeness (QED) is 0.484. The van der Waals surface area contributed by atoms with Crippen molar-refractivity contribution < 1.29 is 10.0 Å². The van der Waals surface area contributed by atoms with E-state index in [-0.39, 0.29) is 17.0 Å². The molecule has 1 aliphatic rings. The molecule has 1 saturated heterocycles. The van der Waals surface area contributed by atoms with Crippen LogP contribution in [0.1, 0.15) is 25.3 Å². The van der Waals surface area contributed by atoms with E-state index in [1.54, 1.807) is 0 Å². The maximum atomic E-state index is 11.8. The van der Waals surface area contributed by atoms with Crippen LogP contribution in [0.5, 0.6) is 5.75 Å². The molecule has 0 aliphatic carbocycles. The van der Waals surface area contributed by atoms with Crippen LogP contribution in [-0.4, -0.2) is 24.2 Å². The Morgan fingerprint density at radius 1 is 1.16 bits per heavy atom. The van der Waals surface area contributed by atoms with Crippen molar-refractivity contribution in [2.24, 2.45) is 10.9 Å². The molecule has 0 amide bonds. The van der Waals surface area contributed by atoms with E-state index >= 15 is 0 Å². The van der Waals surface area contributed by atoms with Crippen LogP contribution in [0, 0.1) is 16.0 Å². The summed E-state index contributed by atoms with van der Waals surface area (Å²) in [6, 6.07) is 11.5. The molecule has 0 bridgehead atoms. The van der Waals surface area contributed by atoms with Gasteiger partial charge in [0.15, 0.2) is 0 Å². The Labute approximate surface area is 146 Å². The van der Waals surface area contributed by atoms with Gasteiger partial charge < -0.3 is 10.0 Å². The minimum Gasteiger partial charge on any atom is -0.872 e. The highest BCUT2D eigenvalue weighted by atomic mass is 16.6. The third-order valence-electron chi connectivity index (χ3n) is 4.56. The summed E-state index contributed by atoms with van der Waals surface area (Å²) >= 11 is 0. The predicted molar refractivity (Wildman–Crippen MR) is 96.8 cm³/mol. The SMILES string of the molecule is CC1CCN(c2ccc(N=Cc3cc([N+](=O)[O-])ccc3[O-])cc2)CC1. The Bertz CT molecular complexity index is 779. The molecule has 0 atom stereocenters. The van der Waals surface area contributed by atoms with Crippen molar-refractivity contribution in [2.75, 3.05) is 18.0 Å². The summed E-state index contributed by atoms with van der Waals surface area (Å²) in [5.41, 5.74) is 1.98. The molecule has 2 aromatic rings. The van der Waals surface area contributed by atoms with Crippen LogP contribution in [0.15, 0.2) is 47.5 Å². The number of hydrogen-bond donors (Lipinski definition) is 0. The molecule has 6 heteroatoms. The van der Waals surface area contributed by atoms with Crippen molar-refractivity contribution in [3.63, 3.8) is 0 Å². The lowest BCUT2D eigenvalue weighted by atomic mass is 9.99. The lowest BCUT2D eigenvalue weighted by Crippen LogP contribution is -2.32. The molecule has 3 rings (SSSR count). The highest BCUT2D eigenvalue weighted by Crippen LogP contribution is 2.25. The second kappa shape index (κ2) is 7.34. The summed E-state index contributed by atoms with van der Waals surface area (Å²) in [5, 5.41) is 22.6. The fourth-order valence-electron chi connectivity index (χ4n) is 2.91. The van der Waals surface area contributed by atoms with Crippen LogP contribution >= 0.6 is 0 Å². The Morgan fingerprint density at radius 3 is 2.48 bits per heavy atom. The molecular weight excluding hydrogens is 318 g/mol. The summed E-state index contributed by atoms with van der Waals surface area (Å²) in [7, 11) is 0. The fourth-order valence-corrected chi connectivity index (χ4v) is 2.91. The fraction of sp³-hybridized carbons (Fsp3) is 0.316. The van der Waals surface area contributed by atoms with Gasteiger partial charge in [0.2, 0.25) is 0 Å². The molecule has 130 valence electrons. The van der Waals surface area contributed by atoms with Crippen LogP contribution in [0.3, 0.4) is 0 Å². The number of benzene rings is 2. The first kappa shape index (κ1) is 17.0. The first-order valence-electron chi connectivity index (χ1n) is 8.37. The van der Waals surface area contributed by atoms with Crippen LogP contribution in [-0.2, 0) is 0 Å². The van der Waals surface area contributed by atoms with Gasteiger partial charge in [-0.1, -0.05) is 18.7 Å². The second-order valence-corrected chi connectivity index (χ2v) is 6.42. The lowest BCUT2D eigenvalue weighted by Gasteiger charge is -2.32. The van der Waals surface area contributed by atoms with E-state index in [0.29, 0.717) is 5.69 Å². The molecule has 0 saturated carbocycles. The molecule has 0 spiro atoms. The number of rotatable bonds is 4. The largest absolute Gasteiger partial charge is 0.872 e. The van der Waals surface area contributed by atoms with Gasteiger partial charge in [0.25, 0.3) is 5.69 Å². The highest BCUT2D eigenvalue weighted by Gasteiger charge is 2.15. The average Bonchev–Trinajstić information content (AvgIpc) is 2.62. The number of nitro groups is 1. The molecule has 0 aromatic heterocycles. The van der Waals surface area contributed by atoms with Crippen LogP contribution < -0.4 is 10.0 Å². The van der Waals surface area contributed by atoms with Gasteiger partial charge >= 0.3 is 0 Å². The molecule has 0 N–H and O–H groups in total. The number of piperidine rings is 1. The van der Waals surface area contributed by atoms with Crippen molar-refractivity contribution in [1.82, 2.24) is 0 Å². The van der Waals surface area contributed by atoms with Crippen LogP contribution in [0.4, 0.5) is 17.1 Å². The van der Waals surface area contributed by atoms with Crippen molar-refractivity contribution >= 4 is 23.3 Å². The van der Waals surface area contributed by atoms with Gasteiger partial charge in [0.1, 0.15) is 0 Å². The number of non-ortho nitro benzene ring substituents is 1. The Hall–Kier alpha value is -2.89. The maximum Gasteiger partial charge on any atom is 0.270 e. The van der Waals surface area contributed by atoms with E-state index in [9.17, 15) is 15.2 Å². The summed E-state index contributed by atoms with van der Waals surface area (Å²) < 4.78 is 0. The van der Waals surface area contributed by atoms with E-state index in [4.69, 9.17) is 0 Å². The molecule has 0 radical (unpaired) electrons. The van der Waals surface area contributed by atoms with E-state index in [2.05, 4.69) is 16.8 Å².